The van der Waals surface area contributed by atoms with Crippen molar-refractivity contribution in [3.63, 3.8) is 0 Å². The second-order valence-electron chi connectivity index (χ2n) is 22.2. The molecule has 5 amide bonds. The number of rotatable bonds is 19. The Hall–Kier alpha value is -8.09. The van der Waals surface area contributed by atoms with Crippen molar-refractivity contribution >= 4 is 69.6 Å². The van der Waals surface area contributed by atoms with Crippen molar-refractivity contribution in [1.29, 1.82) is 0 Å². The van der Waals surface area contributed by atoms with Gasteiger partial charge in [-0.2, -0.15) is 5.10 Å². The van der Waals surface area contributed by atoms with Crippen LogP contribution >= 0.6 is 11.3 Å². The second kappa shape index (κ2) is 25.8. The number of methoxy groups -OCH3 is 1. The third kappa shape index (κ3) is 13.8. The van der Waals surface area contributed by atoms with Crippen molar-refractivity contribution in [2.45, 2.75) is 103 Å². The molecule has 4 aromatic heterocycles. The highest BCUT2D eigenvalue weighted by Gasteiger charge is 2.45. The van der Waals surface area contributed by atoms with E-state index in [2.05, 4.69) is 66.6 Å². The van der Waals surface area contributed by atoms with Crippen molar-refractivity contribution in [1.82, 2.24) is 65.6 Å². The monoisotopic (exact) mass is 1140 g/mol. The Labute approximate surface area is 481 Å². The highest BCUT2D eigenvalue weighted by molar-refractivity contribution is 7.13. The first-order valence-electron chi connectivity index (χ1n) is 27.9. The fourth-order valence-corrected chi connectivity index (χ4v) is 11.7. The van der Waals surface area contributed by atoms with Crippen LogP contribution in [0.1, 0.15) is 94.0 Å². The van der Waals surface area contributed by atoms with Crippen LogP contribution in [0.4, 0.5) is 28.7 Å². The van der Waals surface area contributed by atoms with Crippen LogP contribution in [0.3, 0.4) is 0 Å². The molecule has 2 aromatic carbocycles. The quantitative estimate of drug-likeness (QED) is 0.0575. The van der Waals surface area contributed by atoms with Gasteiger partial charge in [0.15, 0.2) is 23.1 Å². The van der Waals surface area contributed by atoms with Crippen molar-refractivity contribution in [2.24, 2.45) is 12.5 Å². The zero-order chi connectivity index (χ0) is 58.2. The first-order valence-corrected chi connectivity index (χ1v) is 28.7. The zero-order valence-corrected chi connectivity index (χ0v) is 48.6. The average molecular weight is 1140 g/mol. The number of hydrogen-bond acceptors (Lipinski definition) is 18. The molecule has 23 nitrogen and oxygen atoms in total. The summed E-state index contributed by atoms with van der Waals surface area (Å²) in [5.74, 6) is 0.330. The molecule has 9 rings (SSSR count). The molecule has 4 atom stereocenters. The molecule has 82 heavy (non-hydrogen) atoms. The Morgan fingerprint density at radius 3 is 2.27 bits per heavy atom. The highest BCUT2D eigenvalue weighted by Crippen LogP contribution is 2.38. The molecule has 3 aliphatic rings. The van der Waals surface area contributed by atoms with Crippen LogP contribution in [-0.2, 0) is 26.2 Å². The molecule has 3 aliphatic heterocycles. The van der Waals surface area contributed by atoms with Gasteiger partial charge < -0.3 is 51.1 Å². The molecule has 0 saturated carbocycles. The van der Waals surface area contributed by atoms with Gasteiger partial charge in [0.05, 0.1) is 64.2 Å². The molecular weight excluding hydrogens is 1060 g/mol. The molecule has 0 spiro atoms. The molecule has 0 bridgehead atoms. The summed E-state index contributed by atoms with van der Waals surface area (Å²) in [7, 11) is 4.87. The number of piperidine rings is 1. The van der Waals surface area contributed by atoms with Crippen LogP contribution < -0.4 is 36.2 Å². The number of aryl methyl sites for hydroxylation is 2. The number of β-amino-alcohol motifs (C(OH)–C–C–N with tert-alkyl or cyclic N) is 1. The minimum atomic E-state index is -0.960. The number of aliphatic hydroxyl groups is 1. The maximum absolute atomic E-state index is 14.2. The number of thiazole rings is 1. The first-order chi connectivity index (χ1) is 39.4. The zero-order valence-electron chi connectivity index (χ0n) is 47.8. The predicted molar refractivity (Wildman–Crippen MR) is 313 cm³/mol. The molecule has 24 heteroatoms. The smallest absolute Gasteiger partial charge is 0.273 e. The van der Waals surface area contributed by atoms with Crippen LogP contribution in [0.2, 0.25) is 0 Å². The number of benzene rings is 2. The second-order valence-corrected chi connectivity index (χ2v) is 23.1. The number of hydrogen-bond donors (Lipinski definition) is 6. The van der Waals surface area contributed by atoms with E-state index < -0.39 is 35.4 Å². The molecule has 3 saturated heterocycles. The maximum Gasteiger partial charge on any atom is 0.273 e. The molecule has 0 aliphatic carbocycles. The summed E-state index contributed by atoms with van der Waals surface area (Å²) in [6, 6.07) is 17.2. The number of aliphatic hydroxyl groups excluding tert-OH is 1. The number of aromatic nitrogens is 7. The van der Waals surface area contributed by atoms with E-state index >= 15 is 0 Å². The molecular formula is C58H74N16O7S. The lowest BCUT2D eigenvalue weighted by atomic mass is 9.85. The molecule has 434 valence electrons. The Morgan fingerprint density at radius 2 is 1.62 bits per heavy atom. The number of para-hydroxylation sites is 1. The SMILES string of the molecule is CNC(=O)c1nnc(Nc2ccc(N3CCN(C4CCN(C(=O)CCCC(=O)NC(C(=O)N5C[C@H](O)C[C@H]5C(=O)N[C@@H](C)c5ccc(-c6scnc6C)cc5)C(C)(C)C)CC4)CC3)cn2)cc1Nc1cccc(-c2ncn(C)n2)c1OC. The van der Waals surface area contributed by atoms with E-state index in [0.29, 0.717) is 65.7 Å². The number of carbonyl (C=O) groups excluding carboxylic acids is 5. The number of nitrogens with zero attached hydrogens (tertiary/aromatic N) is 11. The minimum absolute atomic E-state index is 0.0106. The van der Waals surface area contributed by atoms with E-state index in [4.69, 9.17) is 4.74 Å². The van der Waals surface area contributed by atoms with E-state index in [9.17, 15) is 29.1 Å². The van der Waals surface area contributed by atoms with E-state index in [1.54, 1.807) is 42.6 Å². The number of ether oxygens (including phenoxy) is 1. The van der Waals surface area contributed by atoms with Crippen LogP contribution in [-0.4, -0.2) is 168 Å². The molecule has 6 aromatic rings. The van der Waals surface area contributed by atoms with E-state index in [1.165, 1.54) is 11.9 Å². The van der Waals surface area contributed by atoms with E-state index in [-0.39, 0.29) is 55.3 Å². The molecule has 1 unspecified atom stereocenters. The Bertz CT molecular complexity index is 3220. The van der Waals surface area contributed by atoms with Gasteiger partial charge in [-0.15, -0.1) is 21.5 Å². The van der Waals surface area contributed by atoms with Crippen molar-refractivity contribution in [3.05, 3.63) is 95.6 Å². The van der Waals surface area contributed by atoms with Gasteiger partial charge in [-0.25, -0.2) is 15.0 Å². The largest absolute Gasteiger partial charge is 0.494 e. The van der Waals surface area contributed by atoms with Crippen LogP contribution in [0, 0.1) is 12.3 Å². The number of pyridine rings is 1. The standard InChI is InChI=1S/C58H74N16O7S/c1-35(37-15-17-38(18-16-37)52-36(2)62-34-82-52)63-55(78)45-29-41(75)32-74(45)57(80)53(58(3,4)5)66-48(76)13-10-14-49(77)73-23-21-39(22-24-73)71-25-27-72(28-26-71)40-19-20-46(60-31-40)65-47-30-44(50(68-67-47)56(79)59-6)64-43-12-9-11-42(51(43)81-8)54-61-33-70(7)69-54/h9,11-12,15-20,30-31,33-35,39,41,45,53,75H,10,13-14,21-29,32H2,1-8H3,(H,59,79)(H,63,78)(H,66,76)(H2,60,64,65,67)/t35-,41+,45-,53?/m0/s1. The minimum Gasteiger partial charge on any atom is -0.494 e. The Morgan fingerprint density at radius 1 is 0.866 bits per heavy atom. The lowest BCUT2D eigenvalue weighted by molar-refractivity contribution is -0.144. The summed E-state index contributed by atoms with van der Waals surface area (Å²) < 4.78 is 7.39. The highest BCUT2D eigenvalue weighted by atomic mass is 32.1. The third-order valence-electron chi connectivity index (χ3n) is 15.4. The van der Waals surface area contributed by atoms with Crippen LogP contribution in [0.5, 0.6) is 5.75 Å². The number of piperazine rings is 1. The predicted octanol–water partition coefficient (Wildman–Crippen LogP) is 5.61. The van der Waals surface area contributed by atoms with Crippen molar-refractivity contribution < 1.29 is 33.8 Å². The number of carbonyl (C=O) groups is 5. The van der Waals surface area contributed by atoms with E-state index in [0.717, 1.165) is 66.4 Å². The normalized spacial score (nSPS) is 17.7. The topological polar surface area (TPSA) is 270 Å². The van der Waals surface area contributed by atoms with Gasteiger partial charge in [-0.1, -0.05) is 51.1 Å². The van der Waals surface area contributed by atoms with Crippen molar-refractivity contribution in [2.75, 3.05) is 75.5 Å². The van der Waals surface area contributed by atoms with Gasteiger partial charge in [0.1, 0.15) is 24.2 Å². The van der Waals surface area contributed by atoms with Gasteiger partial charge in [0.2, 0.25) is 23.6 Å². The van der Waals surface area contributed by atoms with Gasteiger partial charge in [-0.05, 0) is 73.9 Å². The van der Waals surface area contributed by atoms with Crippen LogP contribution in [0.15, 0.2) is 78.7 Å². The summed E-state index contributed by atoms with van der Waals surface area (Å²) in [5, 5.41) is 38.8. The number of nitrogens with one attached hydrogen (secondary N) is 5. The Balaban J connectivity index is 0.706. The van der Waals surface area contributed by atoms with Crippen molar-refractivity contribution in [3.8, 4) is 27.6 Å². The lowest BCUT2D eigenvalue weighted by Crippen LogP contribution is -2.57. The van der Waals surface area contributed by atoms with Gasteiger partial charge >= 0.3 is 0 Å². The molecule has 0 radical (unpaired) electrons. The fraction of sp³-hybridized carbons (Fsp3) is 0.466. The van der Waals surface area contributed by atoms with E-state index in [1.807, 2.05) is 106 Å². The Kier molecular flexibility index (Phi) is 18.4. The maximum atomic E-state index is 14.2. The number of anilines is 5. The van der Waals surface area contributed by atoms with Crippen LogP contribution in [0.25, 0.3) is 21.8 Å². The summed E-state index contributed by atoms with van der Waals surface area (Å²) in [6.45, 7) is 14.1. The number of amides is 5. The fourth-order valence-electron chi connectivity index (χ4n) is 10.9. The number of likely N-dealkylation sites (tertiary alicyclic amines) is 2. The summed E-state index contributed by atoms with van der Waals surface area (Å²) in [5.41, 5.74) is 6.71. The first kappa shape index (κ1) is 58.6. The lowest BCUT2D eigenvalue weighted by Gasteiger charge is -2.43. The van der Waals surface area contributed by atoms with Gasteiger partial charge in [-0.3, -0.25) is 33.6 Å². The van der Waals surface area contributed by atoms with Gasteiger partial charge in [0, 0.05) is 91.3 Å². The third-order valence-corrected chi connectivity index (χ3v) is 16.4. The molecule has 3 fully saturated rings. The summed E-state index contributed by atoms with van der Waals surface area (Å²) in [4.78, 5) is 90.4. The molecule has 7 heterocycles. The van der Waals surface area contributed by atoms with Gasteiger partial charge in [0.25, 0.3) is 5.91 Å². The summed E-state index contributed by atoms with van der Waals surface area (Å²) in [6.07, 6.45) is 4.96. The summed E-state index contributed by atoms with van der Waals surface area (Å²) >= 11 is 1.57. The molecule has 6 N–H and O–H groups in total. The average Bonchev–Trinajstić information content (AvgIpc) is 4.30.